The Hall–Kier alpha value is -0.890. The molecule has 0 aromatic heterocycles. The smallest absolute Gasteiger partial charge is 0.126 e. The summed E-state index contributed by atoms with van der Waals surface area (Å²) < 4.78 is 13.7. The Bertz CT molecular complexity index is 362. The van der Waals surface area contributed by atoms with Crippen LogP contribution in [0, 0.1) is 11.2 Å². The maximum absolute atomic E-state index is 13.7. The maximum Gasteiger partial charge on any atom is 0.126 e. The molecule has 0 amide bonds. The van der Waals surface area contributed by atoms with E-state index in [4.69, 9.17) is 0 Å². The fraction of sp³-hybridized carbons (Fsp3) is 0.625. The molecule has 0 bridgehead atoms. The Morgan fingerprint density at radius 1 is 1.28 bits per heavy atom. The van der Waals surface area contributed by atoms with Crippen molar-refractivity contribution in [3.63, 3.8) is 0 Å². The fourth-order valence-corrected chi connectivity index (χ4v) is 2.39. The van der Waals surface area contributed by atoms with Crippen molar-refractivity contribution in [3.05, 3.63) is 35.6 Å². The highest BCUT2D eigenvalue weighted by Gasteiger charge is 2.25. The van der Waals surface area contributed by atoms with Crippen molar-refractivity contribution in [1.29, 1.82) is 0 Å². The van der Waals surface area contributed by atoms with Crippen LogP contribution in [0.25, 0.3) is 0 Å². The molecule has 1 aromatic rings. The van der Waals surface area contributed by atoms with Crippen LogP contribution < -0.4 is 5.32 Å². The molecule has 2 heteroatoms. The van der Waals surface area contributed by atoms with Crippen molar-refractivity contribution in [2.45, 2.75) is 53.0 Å². The molecule has 1 unspecified atom stereocenters. The van der Waals surface area contributed by atoms with Crippen LogP contribution in [0.2, 0.25) is 0 Å². The Labute approximate surface area is 111 Å². The number of benzene rings is 1. The summed E-state index contributed by atoms with van der Waals surface area (Å²) in [4.78, 5) is 0. The zero-order chi connectivity index (χ0) is 13.6. The Kier molecular flexibility index (Phi) is 5.80. The molecule has 1 atom stereocenters. The highest BCUT2D eigenvalue weighted by atomic mass is 19.1. The molecule has 0 fully saturated rings. The molecule has 0 spiro atoms. The fourth-order valence-electron chi connectivity index (χ4n) is 2.39. The molecule has 0 aliphatic heterocycles. The molecule has 0 heterocycles. The first-order valence-corrected chi connectivity index (χ1v) is 6.93. The summed E-state index contributed by atoms with van der Waals surface area (Å²) in [6.45, 7) is 9.67. The monoisotopic (exact) mass is 251 g/mol. The molecule has 1 aromatic carbocycles. The lowest BCUT2D eigenvalue weighted by Crippen LogP contribution is -2.37. The van der Waals surface area contributed by atoms with Gasteiger partial charge in [0.05, 0.1) is 0 Å². The van der Waals surface area contributed by atoms with Crippen molar-refractivity contribution in [3.8, 4) is 0 Å². The van der Waals surface area contributed by atoms with E-state index < -0.39 is 0 Å². The van der Waals surface area contributed by atoms with Gasteiger partial charge in [0, 0.05) is 12.6 Å². The lowest BCUT2D eigenvalue weighted by atomic mass is 9.79. The summed E-state index contributed by atoms with van der Waals surface area (Å²) in [6.07, 6.45) is 3.04. The minimum Gasteiger partial charge on any atom is -0.314 e. The van der Waals surface area contributed by atoms with Crippen LogP contribution in [0.5, 0.6) is 0 Å². The van der Waals surface area contributed by atoms with E-state index in [2.05, 4.69) is 33.0 Å². The number of rotatable bonds is 7. The molecule has 0 radical (unpaired) electrons. The van der Waals surface area contributed by atoms with Crippen LogP contribution in [0.1, 0.15) is 46.1 Å². The van der Waals surface area contributed by atoms with Crippen LogP contribution >= 0.6 is 0 Å². The third kappa shape index (κ3) is 4.77. The number of nitrogens with one attached hydrogen (secondary N) is 1. The van der Waals surface area contributed by atoms with E-state index in [1.807, 2.05) is 12.1 Å². The summed E-state index contributed by atoms with van der Waals surface area (Å²) in [5.41, 5.74) is 0.959. The van der Waals surface area contributed by atoms with E-state index in [1.54, 1.807) is 12.1 Å². The van der Waals surface area contributed by atoms with Crippen molar-refractivity contribution in [2.24, 2.45) is 5.41 Å². The number of hydrogen-bond acceptors (Lipinski definition) is 1. The molecule has 0 saturated carbocycles. The first-order chi connectivity index (χ1) is 8.47. The molecule has 0 saturated heterocycles. The van der Waals surface area contributed by atoms with Gasteiger partial charge in [0.2, 0.25) is 0 Å². The van der Waals surface area contributed by atoms with Crippen molar-refractivity contribution in [1.82, 2.24) is 5.32 Å². The Morgan fingerprint density at radius 2 is 1.94 bits per heavy atom. The molecule has 1 nitrogen and oxygen atoms in total. The van der Waals surface area contributed by atoms with Gasteiger partial charge in [0.25, 0.3) is 0 Å². The van der Waals surface area contributed by atoms with E-state index in [0.29, 0.717) is 6.04 Å². The lowest BCUT2D eigenvalue weighted by Gasteiger charge is -2.31. The van der Waals surface area contributed by atoms with Gasteiger partial charge in [0.1, 0.15) is 5.82 Å². The summed E-state index contributed by atoms with van der Waals surface area (Å²) >= 11 is 0. The zero-order valence-corrected chi connectivity index (χ0v) is 12.1. The van der Waals surface area contributed by atoms with Gasteiger partial charge in [-0.25, -0.2) is 4.39 Å². The van der Waals surface area contributed by atoms with Crippen LogP contribution in [-0.4, -0.2) is 12.6 Å². The quantitative estimate of drug-likeness (QED) is 0.767. The lowest BCUT2D eigenvalue weighted by molar-refractivity contribution is 0.264. The van der Waals surface area contributed by atoms with Gasteiger partial charge >= 0.3 is 0 Å². The standard InChI is InChI=1S/C16H26FN/c1-5-10-16(4,12-18-13(2)3)11-14-8-6-7-9-15(14)17/h6-9,13,18H,5,10-12H2,1-4H3. The second-order valence-corrected chi connectivity index (χ2v) is 5.86. The zero-order valence-electron chi connectivity index (χ0n) is 12.1. The minimum absolute atomic E-state index is 0.0793. The SMILES string of the molecule is CCCC(C)(CNC(C)C)Cc1ccccc1F. The average Bonchev–Trinajstić information content (AvgIpc) is 2.30. The van der Waals surface area contributed by atoms with Crippen molar-refractivity contribution >= 4 is 0 Å². The minimum atomic E-state index is -0.0793. The topological polar surface area (TPSA) is 12.0 Å². The van der Waals surface area contributed by atoms with E-state index in [9.17, 15) is 4.39 Å². The molecular weight excluding hydrogens is 225 g/mol. The average molecular weight is 251 g/mol. The van der Waals surface area contributed by atoms with Gasteiger partial charge in [-0.1, -0.05) is 52.3 Å². The van der Waals surface area contributed by atoms with Crippen LogP contribution in [0.15, 0.2) is 24.3 Å². The molecule has 102 valence electrons. The van der Waals surface area contributed by atoms with E-state index >= 15 is 0 Å². The predicted octanol–water partition coefficient (Wildman–Crippen LogP) is 4.17. The molecule has 18 heavy (non-hydrogen) atoms. The van der Waals surface area contributed by atoms with Crippen molar-refractivity contribution < 1.29 is 4.39 Å². The molecular formula is C16H26FN. The third-order valence-electron chi connectivity index (χ3n) is 3.37. The molecule has 0 aliphatic rings. The summed E-state index contributed by atoms with van der Waals surface area (Å²) in [6, 6.07) is 7.60. The second-order valence-electron chi connectivity index (χ2n) is 5.86. The first-order valence-electron chi connectivity index (χ1n) is 6.93. The van der Waals surface area contributed by atoms with Gasteiger partial charge in [0.15, 0.2) is 0 Å². The van der Waals surface area contributed by atoms with Crippen LogP contribution in [0.4, 0.5) is 4.39 Å². The summed E-state index contributed by atoms with van der Waals surface area (Å²) in [5.74, 6) is -0.0793. The van der Waals surface area contributed by atoms with E-state index in [0.717, 1.165) is 31.4 Å². The maximum atomic E-state index is 13.7. The number of halogens is 1. The second kappa shape index (κ2) is 6.89. The van der Waals surface area contributed by atoms with Crippen LogP contribution in [0.3, 0.4) is 0 Å². The highest BCUT2D eigenvalue weighted by molar-refractivity contribution is 5.19. The first kappa shape index (κ1) is 15.2. The highest BCUT2D eigenvalue weighted by Crippen LogP contribution is 2.28. The van der Waals surface area contributed by atoms with Crippen LogP contribution in [-0.2, 0) is 6.42 Å². The van der Waals surface area contributed by atoms with Crippen molar-refractivity contribution in [2.75, 3.05) is 6.54 Å². The summed E-state index contributed by atoms with van der Waals surface area (Å²) in [7, 11) is 0. The normalized spacial score (nSPS) is 14.8. The number of hydrogen-bond donors (Lipinski definition) is 1. The van der Waals surface area contributed by atoms with Gasteiger partial charge in [-0.3, -0.25) is 0 Å². The summed E-state index contributed by atoms with van der Waals surface area (Å²) in [5, 5.41) is 3.49. The Morgan fingerprint density at radius 3 is 2.50 bits per heavy atom. The predicted molar refractivity (Wildman–Crippen MR) is 76.3 cm³/mol. The Balaban J connectivity index is 2.75. The molecule has 1 rings (SSSR count). The third-order valence-corrected chi connectivity index (χ3v) is 3.37. The van der Waals surface area contributed by atoms with Gasteiger partial charge in [-0.05, 0) is 29.9 Å². The van der Waals surface area contributed by atoms with E-state index in [-0.39, 0.29) is 11.2 Å². The largest absolute Gasteiger partial charge is 0.314 e. The van der Waals surface area contributed by atoms with Gasteiger partial charge < -0.3 is 5.32 Å². The van der Waals surface area contributed by atoms with E-state index in [1.165, 1.54) is 0 Å². The molecule has 1 N–H and O–H groups in total. The molecule has 0 aliphatic carbocycles. The van der Waals surface area contributed by atoms with Gasteiger partial charge in [-0.2, -0.15) is 0 Å². The van der Waals surface area contributed by atoms with Gasteiger partial charge in [-0.15, -0.1) is 0 Å².